The van der Waals surface area contributed by atoms with Crippen molar-refractivity contribution in [2.45, 2.75) is 119 Å². The van der Waals surface area contributed by atoms with Crippen LogP contribution in [0.5, 0.6) is 0 Å². The molecule has 0 bridgehead atoms. The molecule has 0 heterocycles. The van der Waals surface area contributed by atoms with Gasteiger partial charge in [0, 0.05) is 35.3 Å². The second-order valence-corrected chi connectivity index (χ2v) is 9.03. The molecule has 0 aromatic heterocycles. The Hall–Kier alpha value is -1.06. The van der Waals surface area contributed by atoms with Gasteiger partial charge in [0.1, 0.15) is 0 Å². The molecule has 0 spiro atoms. The van der Waals surface area contributed by atoms with E-state index in [2.05, 4.69) is 41.5 Å². The molecule has 0 amide bonds. The molecule has 3 radical (unpaired) electrons. The summed E-state index contributed by atoms with van der Waals surface area (Å²) in [6.07, 6.45) is 9.31. The van der Waals surface area contributed by atoms with Gasteiger partial charge in [-0.05, 0) is 56.3 Å². The van der Waals surface area contributed by atoms with E-state index in [1.54, 1.807) is 0 Å². The average Bonchev–Trinajstić information content (AvgIpc) is 2.60. The molecule has 0 atom stereocenters. The zero-order chi connectivity index (χ0) is 23.9. The molecule has 7 heteroatoms. The van der Waals surface area contributed by atoms with E-state index < -0.39 is 17.9 Å². The lowest BCUT2D eigenvalue weighted by molar-refractivity contribution is -0.307. The predicted octanol–water partition coefficient (Wildman–Crippen LogP) is 2.48. The largest absolute Gasteiger partial charge is 0.550 e. The Labute approximate surface area is 201 Å². The van der Waals surface area contributed by atoms with Crippen molar-refractivity contribution in [2.75, 3.05) is 0 Å². The van der Waals surface area contributed by atoms with Crippen LogP contribution in [0.3, 0.4) is 0 Å². The maximum Gasteiger partial charge on any atom is 0.0414 e. The zero-order valence-corrected chi connectivity index (χ0v) is 21.9. The lowest BCUT2D eigenvalue weighted by atomic mass is 10.1. The molecular formula is C24H45AlO6-3. The first-order valence-electron chi connectivity index (χ1n) is 11.5. The van der Waals surface area contributed by atoms with Crippen molar-refractivity contribution in [1.29, 1.82) is 0 Å². The number of carboxylic acid groups (broad SMARTS) is 3. The van der Waals surface area contributed by atoms with Gasteiger partial charge in [0.05, 0.1) is 0 Å². The van der Waals surface area contributed by atoms with Crippen LogP contribution in [-0.2, 0) is 14.4 Å². The fourth-order valence-electron chi connectivity index (χ4n) is 2.47. The summed E-state index contributed by atoms with van der Waals surface area (Å²) in [6, 6.07) is 0. The van der Waals surface area contributed by atoms with Gasteiger partial charge in [-0.1, -0.05) is 80.1 Å². The van der Waals surface area contributed by atoms with E-state index >= 15 is 0 Å². The predicted molar refractivity (Wildman–Crippen MR) is 121 cm³/mol. The van der Waals surface area contributed by atoms with Gasteiger partial charge in [-0.15, -0.1) is 0 Å². The Bertz CT molecular complexity index is 360. The van der Waals surface area contributed by atoms with Gasteiger partial charge in [-0.2, -0.15) is 0 Å². The number of carboxylic acids is 3. The number of hydrogen-bond acceptors (Lipinski definition) is 6. The summed E-state index contributed by atoms with van der Waals surface area (Å²) < 4.78 is 0. The Morgan fingerprint density at radius 1 is 0.484 bits per heavy atom. The highest BCUT2D eigenvalue weighted by Gasteiger charge is 1.95. The van der Waals surface area contributed by atoms with E-state index in [0.717, 1.165) is 57.8 Å². The summed E-state index contributed by atoms with van der Waals surface area (Å²) in [5.41, 5.74) is 0. The number of aliphatic carboxylic acids is 3. The summed E-state index contributed by atoms with van der Waals surface area (Å²) in [7, 11) is 0. The van der Waals surface area contributed by atoms with Crippen LogP contribution in [0.15, 0.2) is 0 Å². The third-order valence-electron chi connectivity index (χ3n) is 4.24. The van der Waals surface area contributed by atoms with Crippen molar-refractivity contribution in [3.8, 4) is 0 Å². The van der Waals surface area contributed by atoms with E-state index in [1.807, 2.05) is 0 Å². The van der Waals surface area contributed by atoms with Crippen LogP contribution in [0.25, 0.3) is 0 Å². The monoisotopic (exact) mass is 456 g/mol. The molecular weight excluding hydrogens is 411 g/mol. The normalized spacial score (nSPS) is 9.97. The molecule has 6 nitrogen and oxygen atoms in total. The van der Waals surface area contributed by atoms with Crippen molar-refractivity contribution in [1.82, 2.24) is 0 Å². The van der Waals surface area contributed by atoms with E-state index in [9.17, 15) is 29.7 Å². The first-order chi connectivity index (χ1) is 13.9. The first-order valence-corrected chi connectivity index (χ1v) is 11.5. The highest BCUT2D eigenvalue weighted by Crippen LogP contribution is 2.08. The Balaban J connectivity index is -0.000000174. The minimum atomic E-state index is -0.927. The van der Waals surface area contributed by atoms with Crippen LogP contribution in [0.2, 0.25) is 0 Å². The summed E-state index contributed by atoms with van der Waals surface area (Å²) in [5.74, 6) is -0.735. The zero-order valence-electron chi connectivity index (χ0n) is 20.7. The van der Waals surface area contributed by atoms with Crippen molar-refractivity contribution in [3.63, 3.8) is 0 Å². The molecule has 0 rings (SSSR count). The molecule has 0 aliphatic rings. The molecule has 0 saturated carbocycles. The Morgan fingerprint density at radius 3 is 0.806 bits per heavy atom. The molecule has 0 aliphatic heterocycles. The van der Waals surface area contributed by atoms with Crippen molar-refractivity contribution >= 4 is 35.3 Å². The van der Waals surface area contributed by atoms with Crippen LogP contribution in [0.4, 0.5) is 0 Å². The number of unbranched alkanes of at least 4 members (excludes halogenated alkanes) is 3. The maximum absolute atomic E-state index is 9.93. The van der Waals surface area contributed by atoms with Gasteiger partial charge < -0.3 is 29.7 Å². The molecule has 0 unspecified atom stereocenters. The van der Waals surface area contributed by atoms with Gasteiger partial charge in [0.2, 0.25) is 0 Å². The lowest BCUT2D eigenvalue weighted by Crippen LogP contribution is -2.21. The minimum absolute atomic E-state index is 0. The van der Waals surface area contributed by atoms with E-state index in [0.29, 0.717) is 17.8 Å². The summed E-state index contributed by atoms with van der Waals surface area (Å²) in [6.45, 7) is 12.8. The molecule has 0 fully saturated rings. The Morgan fingerprint density at radius 2 is 0.677 bits per heavy atom. The van der Waals surface area contributed by atoms with Crippen LogP contribution < -0.4 is 15.3 Å². The summed E-state index contributed by atoms with van der Waals surface area (Å²) in [5, 5.41) is 29.8. The second kappa shape index (κ2) is 27.0. The van der Waals surface area contributed by atoms with Gasteiger partial charge in [0.15, 0.2) is 0 Å². The molecule has 0 N–H and O–H groups in total. The van der Waals surface area contributed by atoms with Crippen LogP contribution in [0.1, 0.15) is 119 Å². The molecule has 31 heavy (non-hydrogen) atoms. The molecule has 0 aromatic carbocycles. The van der Waals surface area contributed by atoms with E-state index in [4.69, 9.17) is 0 Å². The average molecular weight is 457 g/mol. The number of carbonyl (C=O) groups is 3. The third kappa shape index (κ3) is 52.8. The first kappa shape index (κ1) is 37.3. The topological polar surface area (TPSA) is 120 Å². The smallest absolute Gasteiger partial charge is 0.0414 e. The van der Waals surface area contributed by atoms with Gasteiger partial charge >= 0.3 is 0 Å². The Kier molecular flexibility index (Phi) is 32.4. The van der Waals surface area contributed by atoms with Gasteiger partial charge in [-0.3, -0.25) is 0 Å². The van der Waals surface area contributed by atoms with Crippen molar-refractivity contribution in [2.24, 2.45) is 17.8 Å². The van der Waals surface area contributed by atoms with Crippen molar-refractivity contribution in [3.05, 3.63) is 0 Å². The van der Waals surface area contributed by atoms with Gasteiger partial charge in [-0.25, -0.2) is 0 Å². The highest BCUT2D eigenvalue weighted by atomic mass is 27.0. The van der Waals surface area contributed by atoms with Gasteiger partial charge in [0.25, 0.3) is 0 Å². The summed E-state index contributed by atoms with van der Waals surface area (Å²) in [4.78, 5) is 29.8. The highest BCUT2D eigenvalue weighted by molar-refractivity contribution is 5.75. The second-order valence-electron chi connectivity index (χ2n) is 9.03. The third-order valence-corrected chi connectivity index (χ3v) is 4.24. The fourth-order valence-corrected chi connectivity index (χ4v) is 2.47. The molecule has 0 saturated heterocycles. The number of rotatable bonds is 15. The lowest BCUT2D eigenvalue weighted by Gasteiger charge is -2.03. The molecule has 0 aliphatic carbocycles. The molecule has 0 aromatic rings. The van der Waals surface area contributed by atoms with E-state index in [1.165, 1.54) is 0 Å². The van der Waals surface area contributed by atoms with E-state index in [-0.39, 0.29) is 36.6 Å². The standard InChI is InChI=1S/3C8H16O2.Al/c3*1-7(2)5-3-4-6-8(9)10;/h3*7H,3-6H2,1-2H3,(H,9,10);/p-3. The number of carbonyl (C=O) groups excluding carboxylic acids is 3. The molecule has 183 valence electrons. The van der Waals surface area contributed by atoms with Crippen molar-refractivity contribution < 1.29 is 29.7 Å². The van der Waals surface area contributed by atoms with Crippen LogP contribution >= 0.6 is 0 Å². The minimum Gasteiger partial charge on any atom is -0.550 e. The van der Waals surface area contributed by atoms with Crippen LogP contribution in [-0.4, -0.2) is 35.3 Å². The van der Waals surface area contributed by atoms with Crippen LogP contribution in [0, 0.1) is 17.8 Å². The quantitative estimate of drug-likeness (QED) is 0.276. The SMILES string of the molecule is CC(C)CCCCC(=O)[O-].CC(C)CCCCC(=O)[O-].CC(C)CCCCC(=O)[O-].[Al]. The maximum atomic E-state index is 9.93. The number of hydrogen-bond donors (Lipinski definition) is 0. The summed E-state index contributed by atoms with van der Waals surface area (Å²) >= 11 is 0. The fraction of sp³-hybridized carbons (Fsp3) is 0.875.